The van der Waals surface area contributed by atoms with Crippen molar-refractivity contribution in [3.63, 3.8) is 0 Å². The highest BCUT2D eigenvalue weighted by Gasteiger charge is 2.26. The Morgan fingerprint density at radius 1 is 1.45 bits per heavy atom. The lowest BCUT2D eigenvalue weighted by Crippen LogP contribution is -2.50. The van der Waals surface area contributed by atoms with Gasteiger partial charge in [0.15, 0.2) is 0 Å². The fraction of sp³-hybridized carbons (Fsp3) is 0.857. The van der Waals surface area contributed by atoms with Crippen molar-refractivity contribution in [2.75, 3.05) is 20.2 Å². The summed E-state index contributed by atoms with van der Waals surface area (Å²) in [5, 5.41) is 11.5. The summed E-state index contributed by atoms with van der Waals surface area (Å²) in [7, 11) is 1.46. The third-order valence-electron chi connectivity index (χ3n) is 3.73. The number of nitrogens with one attached hydrogen (secondary N) is 1. The van der Waals surface area contributed by atoms with Gasteiger partial charge in [0.2, 0.25) is 0 Å². The van der Waals surface area contributed by atoms with Crippen LogP contribution < -0.4 is 5.32 Å². The molecule has 2 unspecified atom stereocenters. The number of hydrogen-bond acceptors (Lipinski definition) is 3. The van der Waals surface area contributed by atoms with E-state index >= 15 is 0 Å². The van der Waals surface area contributed by atoms with Gasteiger partial charge in [-0.15, -0.1) is 0 Å². The van der Waals surface area contributed by atoms with Crippen LogP contribution in [0.2, 0.25) is 0 Å². The number of carboxylic acids is 1. The molecule has 1 aliphatic rings. The van der Waals surface area contributed by atoms with Crippen molar-refractivity contribution in [3.8, 4) is 0 Å². The number of aliphatic carboxylic acids is 1. The van der Waals surface area contributed by atoms with Crippen LogP contribution in [0.3, 0.4) is 0 Å². The van der Waals surface area contributed by atoms with Gasteiger partial charge in [0.05, 0.1) is 12.5 Å². The molecule has 1 aliphatic heterocycles. The van der Waals surface area contributed by atoms with E-state index in [1.165, 1.54) is 13.5 Å². The summed E-state index contributed by atoms with van der Waals surface area (Å²) in [5.74, 6) is -0.923. The fourth-order valence-corrected chi connectivity index (χ4v) is 2.64. The highest BCUT2D eigenvalue weighted by Crippen LogP contribution is 2.20. The van der Waals surface area contributed by atoms with Gasteiger partial charge in [0.1, 0.15) is 0 Å². The maximum atomic E-state index is 12.2. The number of ether oxygens (including phenoxy) is 1. The monoisotopic (exact) mass is 286 g/mol. The zero-order valence-electron chi connectivity index (χ0n) is 12.4. The number of likely N-dealkylation sites (tertiary alicyclic amines) is 1. The topological polar surface area (TPSA) is 78.9 Å². The molecular formula is C14H26N2O4. The predicted octanol–water partition coefficient (Wildman–Crippen LogP) is 1.84. The Hall–Kier alpha value is -1.30. The van der Waals surface area contributed by atoms with E-state index in [1.807, 2.05) is 4.90 Å². The third-order valence-corrected chi connectivity index (χ3v) is 3.73. The Morgan fingerprint density at radius 3 is 2.80 bits per heavy atom. The minimum atomic E-state index is -0.923. The lowest BCUT2D eigenvalue weighted by molar-refractivity contribution is -0.139. The van der Waals surface area contributed by atoms with Gasteiger partial charge < -0.3 is 20.1 Å². The summed E-state index contributed by atoms with van der Waals surface area (Å²) < 4.78 is 5.06. The second-order valence-electron chi connectivity index (χ2n) is 5.27. The molecule has 1 rings (SSSR count). The van der Waals surface area contributed by atoms with Crippen molar-refractivity contribution >= 4 is 12.0 Å². The average Bonchev–Trinajstić information content (AvgIpc) is 2.43. The van der Waals surface area contributed by atoms with E-state index in [9.17, 15) is 9.59 Å². The number of amides is 2. The summed E-state index contributed by atoms with van der Waals surface area (Å²) >= 11 is 0. The minimum absolute atomic E-state index is 0.101. The summed E-state index contributed by atoms with van der Waals surface area (Å²) in [6.45, 7) is 3.14. The molecule has 0 spiro atoms. The largest absolute Gasteiger partial charge is 0.481 e. The molecule has 0 aliphatic carbocycles. The van der Waals surface area contributed by atoms with Crippen molar-refractivity contribution in [1.82, 2.24) is 10.2 Å². The van der Waals surface area contributed by atoms with E-state index in [0.717, 1.165) is 32.2 Å². The first-order valence-corrected chi connectivity index (χ1v) is 7.37. The van der Waals surface area contributed by atoms with Crippen molar-refractivity contribution in [3.05, 3.63) is 0 Å². The standard InChI is InChI=1S/C14H26N2O4/c1-3-6-11-7-4-5-8-16(11)14(19)15-10-12(20-2)9-13(17)18/h11-12H,3-10H2,1-2H3,(H,15,19)(H,17,18). The molecule has 1 saturated heterocycles. The van der Waals surface area contributed by atoms with Crippen LogP contribution in [0.5, 0.6) is 0 Å². The number of hydrogen-bond donors (Lipinski definition) is 2. The number of carbonyl (C=O) groups excluding carboxylic acids is 1. The molecular weight excluding hydrogens is 260 g/mol. The van der Waals surface area contributed by atoms with Gasteiger partial charge >= 0.3 is 12.0 Å². The van der Waals surface area contributed by atoms with Gasteiger partial charge in [0.25, 0.3) is 0 Å². The number of carboxylic acid groups (broad SMARTS) is 1. The normalized spacial score (nSPS) is 20.5. The van der Waals surface area contributed by atoms with E-state index in [-0.39, 0.29) is 19.0 Å². The third kappa shape index (κ3) is 5.36. The molecule has 0 saturated carbocycles. The Labute approximate surface area is 120 Å². The first-order chi connectivity index (χ1) is 9.58. The first-order valence-electron chi connectivity index (χ1n) is 7.37. The molecule has 0 bridgehead atoms. The van der Waals surface area contributed by atoms with Crippen LogP contribution in [-0.4, -0.2) is 54.4 Å². The van der Waals surface area contributed by atoms with Crippen LogP contribution in [0.1, 0.15) is 45.4 Å². The summed E-state index contributed by atoms with van der Waals surface area (Å²) in [4.78, 5) is 24.7. The summed E-state index contributed by atoms with van der Waals surface area (Å²) in [6.07, 6.45) is 4.78. The number of carbonyl (C=O) groups is 2. The van der Waals surface area contributed by atoms with Crippen LogP contribution in [-0.2, 0) is 9.53 Å². The van der Waals surface area contributed by atoms with E-state index < -0.39 is 12.1 Å². The van der Waals surface area contributed by atoms with Gasteiger partial charge in [-0.3, -0.25) is 4.79 Å². The van der Waals surface area contributed by atoms with Crippen molar-refractivity contribution < 1.29 is 19.4 Å². The van der Waals surface area contributed by atoms with Crippen molar-refractivity contribution in [2.45, 2.75) is 57.6 Å². The maximum Gasteiger partial charge on any atom is 0.317 e. The fourth-order valence-electron chi connectivity index (χ4n) is 2.64. The van der Waals surface area contributed by atoms with Crippen LogP contribution in [0.15, 0.2) is 0 Å². The first kappa shape index (κ1) is 16.8. The molecule has 0 aromatic heterocycles. The van der Waals surface area contributed by atoms with E-state index in [1.54, 1.807) is 0 Å². The molecule has 20 heavy (non-hydrogen) atoms. The highest BCUT2D eigenvalue weighted by molar-refractivity contribution is 5.75. The van der Waals surface area contributed by atoms with Gasteiger partial charge in [-0.25, -0.2) is 4.79 Å². The van der Waals surface area contributed by atoms with Crippen LogP contribution in [0.25, 0.3) is 0 Å². The van der Waals surface area contributed by atoms with E-state index in [4.69, 9.17) is 9.84 Å². The van der Waals surface area contributed by atoms with E-state index in [2.05, 4.69) is 12.2 Å². The lowest BCUT2D eigenvalue weighted by Gasteiger charge is -2.36. The zero-order valence-corrected chi connectivity index (χ0v) is 12.4. The van der Waals surface area contributed by atoms with Crippen molar-refractivity contribution in [1.29, 1.82) is 0 Å². The maximum absolute atomic E-state index is 12.2. The molecule has 1 fully saturated rings. The molecule has 116 valence electrons. The highest BCUT2D eigenvalue weighted by atomic mass is 16.5. The number of urea groups is 1. The Balaban J connectivity index is 2.44. The summed E-state index contributed by atoms with van der Waals surface area (Å²) in [6, 6.07) is 0.213. The molecule has 6 heteroatoms. The molecule has 2 N–H and O–H groups in total. The van der Waals surface area contributed by atoms with Crippen LogP contribution in [0.4, 0.5) is 4.79 Å². The second-order valence-corrected chi connectivity index (χ2v) is 5.27. The average molecular weight is 286 g/mol. The number of rotatable bonds is 7. The number of piperidine rings is 1. The second kappa shape index (κ2) is 8.79. The quantitative estimate of drug-likeness (QED) is 0.748. The minimum Gasteiger partial charge on any atom is -0.481 e. The van der Waals surface area contributed by atoms with E-state index in [0.29, 0.717) is 6.04 Å². The zero-order chi connectivity index (χ0) is 15.0. The Morgan fingerprint density at radius 2 is 2.20 bits per heavy atom. The molecule has 2 atom stereocenters. The Bertz CT molecular complexity index is 320. The van der Waals surface area contributed by atoms with Gasteiger partial charge in [-0.2, -0.15) is 0 Å². The van der Waals surface area contributed by atoms with Crippen molar-refractivity contribution in [2.24, 2.45) is 0 Å². The molecule has 0 aromatic rings. The van der Waals surface area contributed by atoms with Gasteiger partial charge in [-0.1, -0.05) is 13.3 Å². The number of nitrogens with zero attached hydrogens (tertiary/aromatic N) is 1. The SMILES string of the molecule is CCCC1CCCCN1C(=O)NCC(CC(=O)O)OC. The lowest BCUT2D eigenvalue weighted by atomic mass is 9.99. The predicted molar refractivity (Wildman–Crippen MR) is 75.7 cm³/mol. The molecule has 2 amide bonds. The van der Waals surface area contributed by atoms with Gasteiger partial charge in [-0.05, 0) is 25.7 Å². The van der Waals surface area contributed by atoms with Crippen LogP contribution >= 0.6 is 0 Å². The van der Waals surface area contributed by atoms with Crippen LogP contribution in [0, 0.1) is 0 Å². The molecule has 1 heterocycles. The Kier molecular flexibility index (Phi) is 7.36. The smallest absolute Gasteiger partial charge is 0.317 e. The molecule has 6 nitrogen and oxygen atoms in total. The van der Waals surface area contributed by atoms with Gasteiger partial charge in [0, 0.05) is 26.2 Å². The molecule has 0 radical (unpaired) electrons. The number of methoxy groups -OCH3 is 1. The summed E-state index contributed by atoms with van der Waals surface area (Å²) in [5.41, 5.74) is 0. The molecule has 0 aromatic carbocycles.